The first-order chi connectivity index (χ1) is 7.92. The van der Waals surface area contributed by atoms with E-state index < -0.39 is 0 Å². The zero-order chi connectivity index (χ0) is 10.8. The van der Waals surface area contributed by atoms with Gasteiger partial charge in [0.05, 0.1) is 0 Å². The molecule has 0 radical (unpaired) electrons. The molecule has 0 aromatic carbocycles. The van der Waals surface area contributed by atoms with Crippen LogP contribution in [0.2, 0.25) is 0 Å². The van der Waals surface area contributed by atoms with Crippen LogP contribution in [0.25, 0.3) is 0 Å². The Morgan fingerprint density at radius 1 is 1.25 bits per heavy atom. The van der Waals surface area contributed by atoms with Crippen molar-refractivity contribution in [1.29, 1.82) is 0 Å². The number of hydrogen-bond donors (Lipinski definition) is 1. The van der Waals surface area contributed by atoms with Crippen LogP contribution in [-0.4, -0.2) is 24.2 Å². The van der Waals surface area contributed by atoms with Gasteiger partial charge in [-0.25, -0.2) is 4.98 Å². The Bertz CT molecular complexity index is 372. The highest BCUT2D eigenvalue weighted by atomic mass is 16.5. The van der Waals surface area contributed by atoms with E-state index in [1.54, 1.807) is 0 Å². The van der Waals surface area contributed by atoms with E-state index in [0.717, 1.165) is 31.8 Å². The molecule has 3 heteroatoms. The molecule has 2 aliphatic rings. The van der Waals surface area contributed by atoms with Crippen molar-refractivity contribution in [2.45, 2.75) is 38.2 Å². The fourth-order valence-corrected chi connectivity index (χ4v) is 2.56. The van der Waals surface area contributed by atoms with Gasteiger partial charge in [0, 0.05) is 18.3 Å². The smallest absolute Gasteiger partial charge is 0.213 e. The molecule has 1 aliphatic carbocycles. The molecular weight excluding hydrogens is 200 g/mol. The first kappa shape index (κ1) is 10.1. The Kier molecular flexibility index (Phi) is 2.79. The molecule has 0 spiro atoms. The van der Waals surface area contributed by atoms with Crippen molar-refractivity contribution in [1.82, 2.24) is 10.3 Å². The number of aromatic nitrogens is 1. The third-order valence-electron chi connectivity index (χ3n) is 3.44. The largest absolute Gasteiger partial charge is 0.473 e. The molecule has 1 aromatic heterocycles. The highest BCUT2D eigenvalue weighted by Crippen LogP contribution is 2.23. The van der Waals surface area contributed by atoms with Gasteiger partial charge < -0.3 is 10.1 Å². The monoisotopic (exact) mass is 218 g/mol. The Morgan fingerprint density at radius 2 is 2.25 bits per heavy atom. The van der Waals surface area contributed by atoms with Crippen molar-refractivity contribution < 1.29 is 4.74 Å². The minimum atomic E-state index is 0.306. The lowest BCUT2D eigenvalue weighted by molar-refractivity contribution is 0.160. The predicted molar refractivity (Wildman–Crippen MR) is 62.8 cm³/mol. The average molecular weight is 218 g/mol. The van der Waals surface area contributed by atoms with E-state index in [-0.39, 0.29) is 0 Å². The lowest BCUT2D eigenvalue weighted by Crippen LogP contribution is -2.37. The maximum Gasteiger partial charge on any atom is 0.213 e. The first-order valence-electron chi connectivity index (χ1n) is 6.28. The zero-order valence-electron chi connectivity index (χ0n) is 9.54. The van der Waals surface area contributed by atoms with Crippen molar-refractivity contribution in [2.75, 3.05) is 13.1 Å². The molecule has 0 amide bonds. The van der Waals surface area contributed by atoms with Crippen LogP contribution in [0.4, 0.5) is 0 Å². The summed E-state index contributed by atoms with van der Waals surface area (Å²) < 4.78 is 5.91. The maximum absolute atomic E-state index is 5.91. The van der Waals surface area contributed by atoms with E-state index in [1.165, 1.54) is 30.5 Å². The van der Waals surface area contributed by atoms with Gasteiger partial charge in [-0.1, -0.05) is 6.07 Å². The van der Waals surface area contributed by atoms with Gasteiger partial charge in [0.25, 0.3) is 0 Å². The van der Waals surface area contributed by atoms with E-state index in [4.69, 9.17) is 4.74 Å². The second-order valence-corrected chi connectivity index (χ2v) is 4.70. The number of ether oxygens (including phenoxy) is 1. The lowest BCUT2D eigenvalue weighted by atomic mass is 10.1. The molecule has 1 saturated heterocycles. The van der Waals surface area contributed by atoms with Crippen LogP contribution in [0.15, 0.2) is 12.1 Å². The van der Waals surface area contributed by atoms with Gasteiger partial charge in [0.1, 0.15) is 6.10 Å². The summed E-state index contributed by atoms with van der Waals surface area (Å²) in [5.74, 6) is 0.814. The van der Waals surface area contributed by atoms with Gasteiger partial charge >= 0.3 is 0 Å². The average Bonchev–Trinajstić information content (AvgIpc) is 2.77. The van der Waals surface area contributed by atoms with Crippen LogP contribution in [0.1, 0.15) is 30.5 Å². The van der Waals surface area contributed by atoms with Crippen molar-refractivity contribution in [3.05, 3.63) is 23.4 Å². The van der Waals surface area contributed by atoms with Gasteiger partial charge in [-0.3, -0.25) is 0 Å². The number of nitrogens with one attached hydrogen (secondary N) is 1. The molecule has 1 fully saturated rings. The first-order valence-corrected chi connectivity index (χ1v) is 6.28. The number of rotatable bonds is 2. The fourth-order valence-electron chi connectivity index (χ4n) is 2.56. The van der Waals surface area contributed by atoms with E-state index >= 15 is 0 Å². The van der Waals surface area contributed by atoms with Gasteiger partial charge in [0.2, 0.25) is 5.88 Å². The summed E-state index contributed by atoms with van der Waals surface area (Å²) in [6.45, 7) is 2.08. The molecule has 0 bridgehead atoms. The molecule has 1 N–H and O–H groups in total. The van der Waals surface area contributed by atoms with Crippen molar-refractivity contribution in [2.24, 2.45) is 0 Å². The van der Waals surface area contributed by atoms with Crippen LogP contribution >= 0.6 is 0 Å². The van der Waals surface area contributed by atoms with Crippen LogP contribution in [-0.2, 0) is 12.8 Å². The van der Waals surface area contributed by atoms with Crippen molar-refractivity contribution in [3.8, 4) is 5.88 Å². The van der Waals surface area contributed by atoms with Gasteiger partial charge in [-0.05, 0) is 44.2 Å². The standard InChI is InChI=1S/C13H18N2O/c1-3-10-6-7-13(15-12(10)5-1)16-11-4-2-8-14-9-11/h6-7,11,14H,1-5,8-9H2/t11-/m0/s1. The molecule has 1 aromatic rings. The minimum Gasteiger partial charge on any atom is -0.473 e. The number of fused-ring (bicyclic) bond motifs is 1. The topological polar surface area (TPSA) is 34.1 Å². The van der Waals surface area contributed by atoms with Crippen LogP contribution in [0.3, 0.4) is 0 Å². The SMILES string of the molecule is c1cc2c(nc1O[C@H]1CCCNC1)CCC2. The highest BCUT2D eigenvalue weighted by Gasteiger charge is 2.17. The molecule has 1 aliphatic heterocycles. The molecular formula is C13H18N2O. The summed E-state index contributed by atoms with van der Waals surface area (Å²) >= 11 is 0. The number of piperidine rings is 1. The number of nitrogens with zero attached hydrogens (tertiary/aromatic N) is 1. The number of aryl methyl sites for hydroxylation is 2. The van der Waals surface area contributed by atoms with E-state index in [0.29, 0.717) is 6.10 Å². The van der Waals surface area contributed by atoms with Crippen LogP contribution in [0, 0.1) is 0 Å². The molecule has 16 heavy (non-hydrogen) atoms. The summed E-state index contributed by atoms with van der Waals surface area (Å²) in [5, 5.41) is 3.35. The summed E-state index contributed by atoms with van der Waals surface area (Å²) in [7, 11) is 0. The summed E-state index contributed by atoms with van der Waals surface area (Å²) in [6, 6.07) is 4.21. The van der Waals surface area contributed by atoms with Crippen molar-refractivity contribution in [3.63, 3.8) is 0 Å². The van der Waals surface area contributed by atoms with E-state index in [9.17, 15) is 0 Å². The molecule has 0 saturated carbocycles. The summed E-state index contributed by atoms with van der Waals surface area (Å²) in [6.07, 6.45) is 6.21. The Hall–Kier alpha value is -1.09. The number of hydrogen-bond acceptors (Lipinski definition) is 3. The molecule has 1 atom stereocenters. The lowest BCUT2D eigenvalue weighted by Gasteiger charge is -2.23. The Labute approximate surface area is 96.2 Å². The van der Waals surface area contributed by atoms with E-state index in [2.05, 4.69) is 16.4 Å². The van der Waals surface area contributed by atoms with Crippen LogP contribution in [0.5, 0.6) is 5.88 Å². The van der Waals surface area contributed by atoms with Gasteiger partial charge in [-0.2, -0.15) is 0 Å². The van der Waals surface area contributed by atoms with E-state index in [1.807, 2.05) is 6.07 Å². The Morgan fingerprint density at radius 3 is 3.12 bits per heavy atom. The second kappa shape index (κ2) is 4.42. The number of pyridine rings is 1. The van der Waals surface area contributed by atoms with Gasteiger partial charge in [0.15, 0.2) is 0 Å². The molecule has 2 heterocycles. The fraction of sp³-hybridized carbons (Fsp3) is 0.615. The van der Waals surface area contributed by atoms with Crippen molar-refractivity contribution >= 4 is 0 Å². The minimum absolute atomic E-state index is 0.306. The third-order valence-corrected chi connectivity index (χ3v) is 3.44. The maximum atomic E-state index is 5.91. The zero-order valence-corrected chi connectivity index (χ0v) is 9.54. The van der Waals surface area contributed by atoms with Gasteiger partial charge in [-0.15, -0.1) is 0 Å². The summed E-state index contributed by atoms with van der Waals surface area (Å²) in [4.78, 5) is 4.60. The Balaban J connectivity index is 1.69. The molecule has 3 nitrogen and oxygen atoms in total. The molecule has 86 valence electrons. The second-order valence-electron chi connectivity index (χ2n) is 4.70. The highest BCUT2D eigenvalue weighted by molar-refractivity contribution is 5.29. The third kappa shape index (κ3) is 2.05. The molecule has 3 rings (SSSR count). The quantitative estimate of drug-likeness (QED) is 0.820. The normalized spacial score (nSPS) is 24.1. The predicted octanol–water partition coefficient (Wildman–Crippen LogP) is 1.70. The molecule has 0 unspecified atom stereocenters. The summed E-state index contributed by atoms with van der Waals surface area (Å²) in [5.41, 5.74) is 2.66. The van der Waals surface area contributed by atoms with Crippen LogP contribution < -0.4 is 10.1 Å².